The maximum atomic E-state index is 11.8. The monoisotopic (exact) mass is 341 g/mol. The predicted octanol–water partition coefficient (Wildman–Crippen LogP) is 1.80. The van der Waals surface area contributed by atoms with Gasteiger partial charge in [0.05, 0.1) is 6.61 Å². The van der Waals surface area contributed by atoms with Gasteiger partial charge in [0.15, 0.2) is 0 Å². The average molecular weight is 341 g/mol. The van der Waals surface area contributed by atoms with Gasteiger partial charge >= 0.3 is 0 Å². The summed E-state index contributed by atoms with van der Waals surface area (Å²) in [6.45, 7) is 3.31. The summed E-state index contributed by atoms with van der Waals surface area (Å²) in [5.41, 5.74) is 0.469. The largest absolute Gasteiger partial charge is 0.384 e. The number of rotatable bonds is 9. The Hall–Kier alpha value is -1.58. The Balaban J connectivity index is 1.67. The highest BCUT2D eigenvalue weighted by molar-refractivity contribution is 7.09. The highest BCUT2D eigenvalue weighted by Crippen LogP contribution is 2.11. The second-order valence-corrected chi connectivity index (χ2v) is 6.15. The number of carbonyl (C=O) groups is 1. The molecule has 1 atom stereocenters. The summed E-state index contributed by atoms with van der Waals surface area (Å²) in [5, 5.41) is 8.72. The molecule has 1 amide bonds. The lowest BCUT2D eigenvalue weighted by atomic mass is 10.2. The number of anilines is 1. The van der Waals surface area contributed by atoms with Crippen LogP contribution < -0.4 is 10.6 Å². The Bertz CT molecular complexity index is 573. The first kappa shape index (κ1) is 16.8. The normalized spacial score (nSPS) is 12.1. The molecule has 0 saturated heterocycles. The zero-order chi connectivity index (χ0) is 15.8. The highest BCUT2D eigenvalue weighted by atomic mass is 32.1. The van der Waals surface area contributed by atoms with Crippen molar-refractivity contribution < 1.29 is 9.53 Å². The minimum atomic E-state index is -0.133. The number of hydrogen-bond donors (Lipinski definition) is 2. The number of aromatic nitrogens is 3. The van der Waals surface area contributed by atoms with Crippen molar-refractivity contribution in [1.29, 1.82) is 0 Å². The Kier molecular flexibility index (Phi) is 6.69. The van der Waals surface area contributed by atoms with Gasteiger partial charge < -0.3 is 15.4 Å². The van der Waals surface area contributed by atoms with Crippen molar-refractivity contribution in [3.63, 3.8) is 0 Å². The van der Waals surface area contributed by atoms with Crippen LogP contribution in [-0.4, -0.2) is 45.9 Å². The van der Waals surface area contributed by atoms with Crippen LogP contribution in [0.4, 0.5) is 5.13 Å². The van der Waals surface area contributed by atoms with E-state index in [2.05, 4.69) is 24.4 Å². The van der Waals surface area contributed by atoms with Gasteiger partial charge in [0, 0.05) is 43.0 Å². The molecule has 2 aromatic heterocycles. The fourth-order valence-electron chi connectivity index (χ4n) is 1.72. The minimum absolute atomic E-state index is 0.0579. The first-order chi connectivity index (χ1) is 10.7. The first-order valence-corrected chi connectivity index (χ1v) is 8.56. The molecule has 0 fully saturated rings. The molecule has 0 aromatic carbocycles. The second kappa shape index (κ2) is 8.76. The molecule has 0 saturated carbocycles. The molecule has 22 heavy (non-hydrogen) atoms. The zero-order valence-corrected chi connectivity index (χ0v) is 14.2. The Labute approximate surface area is 137 Å². The van der Waals surface area contributed by atoms with Crippen molar-refractivity contribution in [2.45, 2.75) is 25.8 Å². The lowest BCUT2D eigenvalue weighted by Crippen LogP contribution is -2.34. The summed E-state index contributed by atoms with van der Waals surface area (Å²) in [4.78, 5) is 16.2. The molecule has 0 spiro atoms. The molecule has 9 heteroatoms. The predicted molar refractivity (Wildman–Crippen MR) is 87.6 cm³/mol. The number of ether oxygens (including phenoxy) is 1. The zero-order valence-electron chi connectivity index (χ0n) is 12.5. The van der Waals surface area contributed by atoms with Crippen LogP contribution in [0.15, 0.2) is 11.4 Å². The maximum Gasteiger partial charge on any atom is 0.271 e. The van der Waals surface area contributed by atoms with Gasteiger partial charge in [-0.1, -0.05) is 0 Å². The van der Waals surface area contributed by atoms with Gasteiger partial charge in [-0.25, -0.2) is 4.98 Å². The van der Waals surface area contributed by atoms with Gasteiger partial charge in [-0.3, -0.25) is 4.79 Å². The first-order valence-electron chi connectivity index (χ1n) is 6.95. The average Bonchev–Trinajstić information content (AvgIpc) is 3.16. The number of amides is 1. The van der Waals surface area contributed by atoms with Crippen molar-refractivity contribution in [3.8, 4) is 0 Å². The van der Waals surface area contributed by atoms with Crippen molar-refractivity contribution in [2.75, 3.05) is 25.6 Å². The van der Waals surface area contributed by atoms with Crippen LogP contribution in [0.25, 0.3) is 0 Å². The third-order valence-corrected chi connectivity index (χ3v) is 4.17. The Morgan fingerprint density at radius 2 is 2.32 bits per heavy atom. The number of hydrogen-bond acceptors (Lipinski definition) is 8. The fourth-order valence-corrected chi connectivity index (χ4v) is 2.86. The van der Waals surface area contributed by atoms with Crippen LogP contribution in [0.2, 0.25) is 0 Å². The van der Waals surface area contributed by atoms with E-state index in [0.29, 0.717) is 12.3 Å². The van der Waals surface area contributed by atoms with Gasteiger partial charge in [-0.15, -0.1) is 0 Å². The molecule has 1 unspecified atom stereocenters. The van der Waals surface area contributed by atoms with E-state index >= 15 is 0 Å². The van der Waals surface area contributed by atoms with E-state index < -0.39 is 0 Å². The minimum Gasteiger partial charge on any atom is -0.384 e. The smallest absolute Gasteiger partial charge is 0.271 e. The standard InChI is InChI=1S/C13H19N5O2S2/c1-9(15-12(19)10-5-8-21-17-10)3-6-14-13-16-11(18-22-13)4-7-20-2/h5,8-9H,3-4,6-7H2,1-2H3,(H,15,19)(H,14,16,18). The Morgan fingerprint density at radius 1 is 1.45 bits per heavy atom. The summed E-state index contributed by atoms with van der Waals surface area (Å²) in [6, 6.07) is 1.77. The van der Waals surface area contributed by atoms with E-state index in [0.717, 1.165) is 30.3 Å². The molecule has 0 aliphatic heterocycles. The molecule has 2 aromatic rings. The van der Waals surface area contributed by atoms with Crippen LogP contribution in [0.1, 0.15) is 29.7 Å². The van der Waals surface area contributed by atoms with E-state index in [1.807, 2.05) is 6.92 Å². The SMILES string of the molecule is COCCc1nsc(NCCC(C)NC(=O)c2ccsn2)n1. The van der Waals surface area contributed by atoms with Crippen molar-refractivity contribution >= 4 is 34.1 Å². The van der Waals surface area contributed by atoms with Gasteiger partial charge in [-0.2, -0.15) is 8.75 Å². The molecule has 120 valence electrons. The lowest BCUT2D eigenvalue weighted by Gasteiger charge is -2.12. The molecule has 0 aliphatic rings. The number of nitrogens with one attached hydrogen (secondary N) is 2. The molecule has 0 radical (unpaired) electrons. The van der Waals surface area contributed by atoms with Crippen LogP contribution in [-0.2, 0) is 11.2 Å². The van der Waals surface area contributed by atoms with Crippen LogP contribution >= 0.6 is 23.1 Å². The van der Waals surface area contributed by atoms with E-state index in [-0.39, 0.29) is 11.9 Å². The number of nitrogens with zero attached hydrogens (tertiary/aromatic N) is 3. The second-order valence-electron chi connectivity index (χ2n) is 4.73. The fraction of sp³-hybridized carbons (Fsp3) is 0.538. The molecule has 0 bridgehead atoms. The summed E-state index contributed by atoms with van der Waals surface area (Å²) in [7, 11) is 1.66. The molecule has 2 rings (SSSR count). The van der Waals surface area contributed by atoms with Crippen molar-refractivity contribution in [2.24, 2.45) is 0 Å². The Morgan fingerprint density at radius 3 is 3.05 bits per heavy atom. The summed E-state index contributed by atoms with van der Waals surface area (Å²) in [6.07, 6.45) is 1.51. The van der Waals surface area contributed by atoms with Crippen LogP contribution in [0.5, 0.6) is 0 Å². The summed E-state index contributed by atoms with van der Waals surface area (Å²) >= 11 is 2.61. The van der Waals surface area contributed by atoms with E-state index in [1.54, 1.807) is 18.6 Å². The van der Waals surface area contributed by atoms with E-state index in [4.69, 9.17) is 4.74 Å². The summed E-state index contributed by atoms with van der Waals surface area (Å²) in [5.74, 6) is 0.658. The number of carbonyl (C=O) groups excluding carboxylic acids is 1. The molecule has 0 aliphatic carbocycles. The van der Waals surface area contributed by atoms with E-state index in [9.17, 15) is 4.79 Å². The van der Waals surface area contributed by atoms with Gasteiger partial charge in [0.1, 0.15) is 11.5 Å². The van der Waals surface area contributed by atoms with Crippen LogP contribution in [0.3, 0.4) is 0 Å². The maximum absolute atomic E-state index is 11.8. The van der Waals surface area contributed by atoms with Crippen LogP contribution in [0, 0.1) is 0 Å². The van der Waals surface area contributed by atoms with Gasteiger partial charge in [-0.05, 0) is 30.9 Å². The van der Waals surface area contributed by atoms with Gasteiger partial charge in [0.2, 0.25) is 5.13 Å². The summed E-state index contributed by atoms with van der Waals surface area (Å²) < 4.78 is 13.3. The third kappa shape index (κ3) is 5.32. The van der Waals surface area contributed by atoms with Crippen molar-refractivity contribution in [3.05, 3.63) is 23.0 Å². The molecule has 7 nitrogen and oxygen atoms in total. The topological polar surface area (TPSA) is 89.0 Å². The van der Waals surface area contributed by atoms with Crippen molar-refractivity contribution in [1.82, 2.24) is 19.0 Å². The highest BCUT2D eigenvalue weighted by Gasteiger charge is 2.11. The van der Waals surface area contributed by atoms with E-state index in [1.165, 1.54) is 23.1 Å². The third-order valence-electron chi connectivity index (χ3n) is 2.90. The lowest BCUT2D eigenvalue weighted by molar-refractivity contribution is 0.0935. The molecular formula is C13H19N5O2S2. The molecule has 2 N–H and O–H groups in total. The van der Waals surface area contributed by atoms with Gasteiger partial charge in [0.25, 0.3) is 5.91 Å². The molecule has 2 heterocycles. The number of methoxy groups -OCH3 is 1. The molecular weight excluding hydrogens is 322 g/mol. The quantitative estimate of drug-likeness (QED) is 0.723.